The number of fused-ring (bicyclic) bond motifs is 5. The van der Waals surface area contributed by atoms with Crippen molar-refractivity contribution in [1.29, 1.82) is 0 Å². The van der Waals surface area contributed by atoms with Crippen molar-refractivity contribution in [3.05, 3.63) is 96.3 Å². The van der Waals surface area contributed by atoms with E-state index in [-0.39, 0.29) is 30.5 Å². The van der Waals surface area contributed by atoms with Gasteiger partial charge in [0.15, 0.2) is 0 Å². The van der Waals surface area contributed by atoms with Crippen LogP contribution < -0.4 is 16.3 Å². The lowest BCUT2D eigenvalue weighted by atomic mass is 9.56. The summed E-state index contributed by atoms with van der Waals surface area (Å²) in [4.78, 5) is 58.2. The summed E-state index contributed by atoms with van der Waals surface area (Å²) in [7, 11) is 3.16. The number of anilines is 1. The standard InChI is InChI=1S/C35H33ClN6O5S/c1-16-11-19(12-17(2)29(16)43)28-21-9-10-40-33(46)38(5)34(47)42(40)25(21)14-23-31(44)41(32(45)35(23,28)4)27-15-24(37-39(27)6)30-18(3)22-13-20(36)7-8-26(22)48-30/h7-9,11-13,15,23,25,28,43H,10,14H2,1-6H3. The molecule has 48 heavy (non-hydrogen) atoms. The first kappa shape index (κ1) is 30.6. The molecule has 1 saturated carbocycles. The molecule has 2 aromatic carbocycles. The lowest BCUT2D eigenvalue weighted by Crippen LogP contribution is -2.49. The number of thiophene rings is 1. The number of hydrogen-bond donors (Lipinski definition) is 1. The maximum atomic E-state index is 14.9. The van der Waals surface area contributed by atoms with Gasteiger partial charge in [-0.1, -0.05) is 29.8 Å². The van der Waals surface area contributed by atoms with Gasteiger partial charge in [0.25, 0.3) is 0 Å². The zero-order chi connectivity index (χ0) is 34.1. The SMILES string of the molecule is Cc1cc(C2C3=CCn4c(=O)n(C)c(=O)n4C3CC3C(=O)N(c4cc(-c5sc6ccc(Cl)cc6c5C)nn4C)C(=O)C32C)cc(C)c1O. The summed E-state index contributed by atoms with van der Waals surface area (Å²) in [5.74, 6) is -1.64. The van der Waals surface area contributed by atoms with Crippen LogP contribution in [-0.2, 0) is 30.2 Å². The third-order valence-corrected chi connectivity index (χ3v) is 12.3. The van der Waals surface area contributed by atoms with Crippen LogP contribution in [0.5, 0.6) is 5.75 Å². The topological polar surface area (TPSA) is 124 Å². The quantitative estimate of drug-likeness (QED) is 0.208. The number of carbonyl (C=O) groups excluding carboxylic acids is 2. The minimum absolute atomic E-state index is 0.157. The van der Waals surface area contributed by atoms with Crippen LogP contribution in [0.3, 0.4) is 0 Å². The molecule has 1 N–H and O–H groups in total. The number of phenols is 1. The van der Waals surface area contributed by atoms with Gasteiger partial charge in [0.1, 0.15) is 17.3 Å². The van der Waals surface area contributed by atoms with Crippen molar-refractivity contribution in [1.82, 2.24) is 23.7 Å². The van der Waals surface area contributed by atoms with Crippen LogP contribution in [0.25, 0.3) is 20.7 Å². The summed E-state index contributed by atoms with van der Waals surface area (Å²) in [6.45, 7) is 7.60. The van der Waals surface area contributed by atoms with Gasteiger partial charge in [-0.3, -0.25) is 14.3 Å². The van der Waals surface area contributed by atoms with E-state index in [1.807, 2.05) is 50.3 Å². The molecule has 13 heteroatoms. The zero-order valence-electron chi connectivity index (χ0n) is 27.2. The fourth-order valence-electron chi connectivity index (χ4n) is 8.36. The predicted octanol–water partition coefficient (Wildman–Crippen LogP) is 5.11. The lowest BCUT2D eigenvalue weighted by Gasteiger charge is -2.47. The van der Waals surface area contributed by atoms with Gasteiger partial charge in [0.2, 0.25) is 11.8 Å². The molecule has 5 heterocycles. The largest absolute Gasteiger partial charge is 0.507 e. The van der Waals surface area contributed by atoms with Gasteiger partial charge < -0.3 is 5.11 Å². The Hall–Kier alpha value is -4.68. The maximum Gasteiger partial charge on any atom is 0.347 e. The third-order valence-electron chi connectivity index (χ3n) is 10.8. The highest BCUT2D eigenvalue weighted by Gasteiger charge is 2.66. The van der Waals surface area contributed by atoms with E-state index in [1.165, 1.54) is 21.3 Å². The minimum Gasteiger partial charge on any atom is -0.507 e. The average Bonchev–Trinajstić information content (AvgIpc) is 3.71. The second-order valence-corrected chi connectivity index (χ2v) is 15.0. The van der Waals surface area contributed by atoms with Crippen molar-refractivity contribution in [2.75, 3.05) is 4.90 Å². The highest BCUT2D eigenvalue weighted by molar-refractivity contribution is 7.22. The van der Waals surface area contributed by atoms with E-state index in [0.717, 1.165) is 36.2 Å². The molecule has 0 radical (unpaired) electrons. The van der Waals surface area contributed by atoms with Crippen molar-refractivity contribution in [3.8, 4) is 16.3 Å². The number of aromatic nitrogens is 5. The van der Waals surface area contributed by atoms with Gasteiger partial charge >= 0.3 is 11.4 Å². The van der Waals surface area contributed by atoms with Crippen LogP contribution in [0.15, 0.2) is 57.6 Å². The summed E-state index contributed by atoms with van der Waals surface area (Å²) in [6, 6.07) is 10.6. The summed E-state index contributed by atoms with van der Waals surface area (Å²) in [5.41, 5.74) is 2.36. The molecule has 1 aliphatic carbocycles. The molecular weight excluding hydrogens is 652 g/mol. The first-order valence-electron chi connectivity index (χ1n) is 15.7. The Balaban J connectivity index is 1.30. The van der Waals surface area contributed by atoms with Crippen molar-refractivity contribution in [2.45, 2.75) is 52.6 Å². The average molecular weight is 685 g/mol. The number of carbonyl (C=O) groups is 2. The highest BCUT2D eigenvalue weighted by Crippen LogP contribution is 2.61. The first-order chi connectivity index (χ1) is 22.7. The molecule has 246 valence electrons. The van der Waals surface area contributed by atoms with Crippen LogP contribution in [0.4, 0.5) is 5.82 Å². The second-order valence-electron chi connectivity index (χ2n) is 13.5. The van der Waals surface area contributed by atoms with Crippen LogP contribution in [0.1, 0.15) is 47.6 Å². The highest BCUT2D eigenvalue weighted by atomic mass is 35.5. The Kier molecular flexibility index (Phi) is 6.49. The molecule has 0 bridgehead atoms. The Bertz CT molecular complexity index is 2400. The van der Waals surface area contributed by atoms with E-state index < -0.39 is 34.7 Å². The number of aryl methyl sites for hydroxylation is 4. The van der Waals surface area contributed by atoms with Crippen LogP contribution in [0, 0.1) is 32.1 Å². The molecule has 5 aromatic rings. The lowest BCUT2D eigenvalue weighted by molar-refractivity contribution is -0.129. The van der Waals surface area contributed by atoms with Crippen LogP contribution in [-0.4, -0.2) is 40.6 Å². The molecule has 11 nitrogen and oxygen atoms in total. The minimum atomic E-state index is -1.23. The maximum absolute atomic E-state index is 14.9. The summed E-state index contributed by atoms with van der Waals surface area (Å²) >= 11 is 7.86. The summed E-state index contributed by atoms with van der Waals surface area (Å²) < 4.78 is 6.54. The van der Waals surface area contributed by atoms with E-state index in [9.17, 15) is 24.3 Å². The van der Waals surface area contributed by atoms with Gasteiger partial charge in [-0.25, -0.2) is 28.4 Å². The molecular formula is C35H33ClN6O5S. The van der Waals surface area contributed by atoms with Gasteiger partial charge in [-0.15, -0.1) is 11.3 Å². The smallest absolute Gasteiger partial charge is 0.347 e. The Morgan fingerprint density at radius 3 is 2.42 bits per heavy atom. The van der Waals surface area contributed by atoms with E-state index in [1.54, 1.807) is 43.0 Å². The number of phenolic OH excluding ortho intramolecular Hbond substituents is 1. The fourth-order valence-corrected chi connectivity index (χ4v) is 9.67. The monoisotopic (exact) mass is 684 g/mol. The van der Waals surface area contributed by atoms with Crippen molar-refractivity contribution < 1.29 is 14.7 Å². The number of amides is 2. The van der Waals surface area contributed by atoms with E-state index in [0.29, 0.717) is 27.7 Å². The number of rotatable bonds is 3. The number of halogens is 1. The van der Waals surface area contributed by atoms with Gasteiger partial charge in [-0.2, -0.15) is 5.10 Å². The van der Waals surface area contributed by atoms with Gasteiger partial charge in [-0.05, 0) is 85.5 Å². The van der Waals surface area contributed by atoms with Gasteiger partial charge in [0, 0.05) is 35.8 Å². The van der Waals surface area contributed by atoms with Crippen molar-refractivity contribution >= 4 is 50.7 Å². The molecule has 0 spiro atoms. The molecule has 2 amide bonds. The zero-order valence-corrected chi connectivity index (χ0v) is 28.8. The number of nitrogens with zero attached hydrogens (tertiary/aromatic N) is 6. The summed E-state index contributed by atoms with van der Waals surface area (Å²) in [6.07, 6.45) is 2.09. The van der Waals surface area contributed by atoms with Gasteiger partial charge in [0.05, 0.1) is 28.8 Å². The number of hydrogen-bond acceptors (Lipinski definition) is 7. The Morgan fingerprint density at radius 2 is 1.71 bits per heavy atom. The number of aromatic hydroxyl groups is 1. The molecule has 2 aliphatic heterocycles. The molecule has 3 aliphatic rings. The normalized spacial score (nSPS) is 23.4. The molecule has 1 saturated heterocycles. The number of imide groups is 1. The second kappa shape index (κ2) is 10.2. The molecule has 4 unspecified atom stereocenters. The molecule has 4 atom stereocenters. The molecule has 3 aromatic heterocycles. The number of benzene rings is 2. The number of allylic oxidation sites excluding steroid dienone is 2. The summed E-state index contributed by atoms with van der Waals surface area (Å²) in [5, 5.41) is 17.1. The Labute approximate surface area is 283 Å². The predicted molar refractivity (Wildman–Crippen MR) is 184 cm³/mol. The van der Waals surface area contributed by atoms with E-state index in [4.69, 9.17) is 16.7 Å². The third kappa shape index (κ3) is 3.90. The fraction of sp³-hybridized carbons (Fsp3) is 0.343. The van der Waals surface area contributed by atoms with Crippen LogP contribution >= 0.6 is 22.9 Å². The molecule has 8 rings (SSSR count). The first-order valence-corrected chi connectivity index (χ1v) is 16.9. The van der Waals surface area contributed by atoms with Crippen molar-refractivity contribution in [2.24, 2.45) is 25.4 Å². The molecule has 2 fully saturated rings. The van der Waals surface area contributed by atoms with E-state index in [2.05, 4.69) is 0 Å². The van der Waals surface area contributed by atoms with Crippen molar-refractivity contribution in [3.63, 3.8) is 0 Å². The Morgan fingerprint density at radius 1 is 1.00 bits per heavy atom. The van der Waals surface area contributed by atoms with E-state index >= 15 is 0 Å². The van der Waals surface area contributed by atoms with Crippen LogP contribution in [0.2, 0.25) is 5.02 Å².